The van der Waals surface area contributed by atoms with Crippen molar-refractivity contribution in [1.29, 1.82) is 0 Å². The number of phenolic OH excluding ortho intramolecular Hbond substituents is 2. The summed E-state index contributed by atoms with van der Waals surface area (Å²) in [6, 6.07) is 9.23. The number of esters is 4. The third kappa shape index (κ3) is 6.77. The Balaban J connectivity index is 1.78. The van der Waals surface area contributed by atoms with E-state index in [9.17, 15) is 39.4 Å². The lowest BCUT2D eigenvalue weighted by atomic mass is 9.89. The maximum absolute atomic E-state index is 15.2. The van der Waals surface area contributed by atoms with Crippen molar-refractivity contribution in [2.45, 2.75) is 74.0 Å². The van der Waals surface area contributed by atoms with Gasteiger partial charge < -0.3 is 39.1 Å². The van der Waals surface area contributed by atoms with E-state index in [1.807, 2.05) is 0 Å². The van der Waals surface area contributed by atoms with Gasteiger partial charge in [-0.25, -0.2) is 0 Å². The summed E-state index contributed by atoms with van der Waals surface area (Å²) < 4.78 is 27.8. The fourth-order valence-corrected chi connectivity index (χ4v) is 6.41. The molecule has 0 unspecified atom stereocenters. The van der Waals surface area contributed by atoms with Crippen LogP contribution in [-0.4, -0.2) is 60.8 Å². The Bertz CT molecular complexity index is 2130. The highest BCUT2D eigenvalue weighted by Gasteiger charge is 2.73. The molecule has 0 aromatic heterocycles. The van der Waals surface area contributed by atoms with Crippen molar-refractivity contribution in [1.82, 2.24) is 5.06 Å². The van der Waals surface area contributed by atoms with Gasteiger partial charge in [0.2, 0.25) is 5.75 Å². The van der Waals surface area contributed by atoms with Crippen LogP contribution in [0.5, 0.6) is 40.2 Å². The molecule has 0 saturated heterocycles. The second kappa shape index (κ2) is 14.9. The monoisotopic (exact) mass is 764 g/mol. The van der Waals surface area contributed by atoms with E-state index in [2.05, 4.69) is 0 Å². The van der Waals surface area contributed by atoms with Crippen LogP contribution in [0.2, 0.25) is 0 Å². The van der Waals surface area contributed by atoms with E-state index in [-0.39, 0.29) is 56.7 Å². The van der Waals surface area contributed by atoms with Gasteiger partial charge in [0.05, 0.1) is 17.0 Å². The molecule has 0 bridgehead atoms. The molecule has 17 heteroatoms. The molecular weight excluding hydrogens is 724 g/mol. The van der Waals surface area contributed by atoms with Crippen LogP contribution < -0.4 is 23.8 Å². The quantitative estimate of drug-likeness (QED) is 0.0540. The SMILES string of the molecule is CC[C@H](C)C1=C(OC(C)=O)[N@+]2([O-])Oc3ccc(-c4c(O)c(O)c(-c5ccc(OC(C)=O)cc5)c(OC(C)=O)c4OC(C)=O)cc3O[C@@]2([C@@H](C)CC)C(=O)N1O. The van der Waals surface area contributed by atoms with Gasteiger partial charge >= 0.3 is 41.4 Å². The lowest BCUT2D eigenvalue weighted by molar-refractivity contribution is -1.08. The van der Waals surface area contributed by atoms with E-state index >= 15 is 5.21 Å². The third-order valence-electron chi connectivity index (χ3n) is 9.23. The summed E-state index contributed by atoms with van der Waals surface area (Å²) in [6.45, 7) is 10.8. The van der Waals surface area contributed by atoms with Crippen molar-refractivity contribution >= 4 is 29.8 Å². The van der Waals surface area contributed by atoms with Crippen LogP contribution in [0, 0.1) is 17.0 Å². The van der Waals surface area contributed by atoms with Gasteiger partial charge in [-0.05, 0) is 54.3 Å². The number of ether oxygens (including phenoxy) is 5. The number of carbonyl (C=O) groups is 5. The first-order valence-electron chi connectivity index (χ1n) is 17.2. The predicted molar refractivity (Wildman–Crippen MR) is 189 cm³/mol. The molecule has 3 N–H and O–H groups in total. The number of phenols is 2. The molecule has 2 aliphatic rings. The molecule has 3 aromatic rings. The van der Waals surface area contributed by atoms with E-state index in [0.717, 1.165) is 20.8 Å². The molecule has 2 aliphatic heterocycles. The van der Waals surface area contributed by atoms with Crippen LogP contribution in [0.3, 0.4) is 0 Å². The van der Waals surface area contributed by atoms with E-state index in [0.29, 0.717) is 6.42 Å². The van der Waals surface area contributed by atoms with Crippen molar-refractivity contribution in [3.8, 4) is 62.5 Å². The van der Waals surface area contributed by atoms with E-state index in [1.165, 1.54) is 56.3 Å². The number of fused-ring (bicyclic) bond motifs is 2. The molecule has 0 aliphatic carbocycles. The number of rotatable bonds is 10. The Labute approximate surface area is 314 Å². The highest BCUT2D eigenvalue weighted by atomic mass is 17.0. The van der Waals surface area contributed by atoms with Gasteiger partial charge in [-0.1, -0.05) is 44.6 Å². The van der Waals surface area contributed by atoms with Crippen molar-refractivity contribution in [3.05, 3.63) is 59.3 Å². The molecule has 55 heavy (non-hydrogen) atoms. The molecule has 5 rings (SSSR count). The number of benzene rings is 3. The molecule has 0 fully saturated rings. The van der Waals surface area contributed by atoms with Gasteiger partial charge in [0.15, 0.2) is 34.4 Å². The van der Waals surface area contributed by atoms with E-state index in [4.69, 9.17) is 28.5 Å². The van der Waals surface area contributed by atoms with Crippen LogP contribution >= 0.6 is 0 Å². The summed E-state index contributed by atoms with van der Waals surface area (Å²) in [6.07, 6.45) is 0.433. The zero-order chi connectivity index (χ0) is 40.7. The third-order valence-corrected chi connectivity index (χ3v) is 9.23. The predicted octanol–water partition coefficient (Wildman–Crippen LogP) is 5.96. The first kappa shape index (κ1) is 40.0. The minimum atomic E-state index is -2.65. The number of aromatic hydroxyl groups is 2. The van der Waals surface area contributed by atoms with Gasteiger partial charge in [0, 0.05) is 33.6 Å². The minimum Gasteiger partial charge on any atom is -0.578 e. The second-order valence-electron chi connectivity index (χ2n) is 13.0. The first-order chi connectivity index (χ1) is 25.8. The number of allylic oxidation sites excluding steroid dienone is 1. The van der Waals surface area contributed by atoms with Crippen molar-refractivity contribution < 1.29 is 72.7 Å². The number of quaternary nitrogens is 1. The Morgan fingerprint density at radius 2 is 1.29 bits per heavy atom. The van der Waals surface area contributed by atoms with Gasteiger partial charge in [0.1, 0.15) is 5.75 Å². The number of carbonyl (C=O) groups excluding carboxylic acids is 5. The molecule has 0 radical (unpaired) electrons. The highest BCUT2D eigenvalue weighted by molar-refractivity contribution is 5.96. The summed E-state index contributed by atoms with van der Waals surface area (Å²) in [5.74, 6) is -10.1. The summed E-state index contributed by atoms with van der Waals surface area (Å²) >= 11 is 0. The smallest absolute Gasteiger partial charge is 0.374 e. The number of nitrogens with zero attached hydrogens (tertiary/aromatic N) is 2. The molecule has 3 aromatic carbocycles. The van der Waals surface area contributed by atoms with Crippen molar-refractivity contribution in [2.24, 2.45) is 11.8 Å². The molecule has 0 saturated carbocycles. The lowest BCUT2D eigenvalue weighted by Gasteiger charge is -2.56. The van der Waals surface area contributed by atoms with Gasteiger partial charge in [0.25, 0.3) is 0 Å². The molecule has 1 amide bonds. The molecule has 292 valence electrons. The maximum atomic E-state index is 15.2. The standard InChI is InChI=1S/C38H40N2O15/c1-9-18(3)31-36(53-23(8)44)40(49)38(19(4)10-2,37(47)39(31)48)54-28-17-25(13-16-27(28)55-40)30-33(46)32(45)29(24-11-14-26(15-12-24)50-20(5)41)34(51-21(6)42)35(30)52-22(7)43/h11-19,45-46,48H,9-10H2,1-8H3/t18-,19-,38-,40-/m0/s1. The van der Waals surface area contributed by atoms with Crippen LogP contribution in [0.1, 0.15) is 68.2 Å². The molecule has 4 atom stereocenters. The second-order valence-corrected chi connectivity index (χ2v) is 13.0. The Morgan fingerprint density at radius 1 is 0.782 bits per heavy atom. The first-order valence-corrected chi connectivity index (χ1v) is 17.2. The Hall–Kier alpha value is -6.17. The zero-order valence-corrected chi connectivity index (χ0v) is 31.2. The lowest BCUT2D eigenvalue weighted by Crippen LogP contribution is -2.78. The Kier molecular flexibility index (Phi) is 10.9. The number of hydrogen-bond donors (Lipinski definition) is 3. The number of hydrogen-bond acceptors (Lipinski definition) is 15. The fourth-order valence-electron chi connectivity index (χ4n) is 6.41. The summed E-state index contributed by atoms with van der Waals surface area (Å²) in [5.41, 5.74) is -3.54. The van der Waals surface area contributed by atoms with Crippen molar-refractivity contribution in [3.63, 3.8) is 0 Å². The van der Waals surface area contributed by atoms with Gasteiger partial charge in [-0.15, -0.1) is 0 Å². The Morgan fingerprint density at radius 3 is 1.78 bits per heavy atom. The van der Waals surface area contributed by atoms with Crippen LogP contribution in [-0.2, 0) is 28.7 Å². The van der Waals surface area contributed by atoms with Crippen molar-refractivity contribution in [2.75, 3.05) is 0 Å². The zero-order valence-electron chi connectivity index (χ0n) is 31.2. The van der Waals surface area contributed by atoms with Gasteiger partial charge in [-0.3, -0.25) is 34.0 Å². The fraction of sp³-hybridized carbons (Fsp3) is 0.342. The topological polar surface area (TPSA) is 228 Å². The highest BCUT2D eigenvalue weighted by Crippen LogP contribution is 2.58. The molecular formula is C38H40N2O15. The molecule has 2 heterocycles. The summed E-state index contributed by atoms with van der Waals surface area (Å²) in [5, 5.41) is 49.8. The maximum Gasteiger partial charge on any atom is 0.374 e. The largest absolute Gasteiger partial charge is 0.578 e. The number of amides is 1. The van der Waals surface area contributed by atoms with Crippen LogP contribution in [0.4, 0.5) is 0 Å². The minimum absolute atomic E-state index is 0.0677. The number of hydroxylamine groups is 6. The van der Waals surface area contributed by atoms with Gasteiger partial charge in [-0.2, -0.15) is 5.06 Å². The van der Waals surface area contributed by atoms with Crippen LogP contribution in [0.25, 0.3) is 22.3 Å². The summed E-state index contributed by atoms with van der Waals surface area (Å²) in [4.78, 5) is 67.0. The molecule has 0 spiro atoms. The summed E-state index contributed by atoms with van der Waals surface area (Å²) in [7, 11) is 0. The van der Waals surface area contributed by atoms with Crippen LogP contribution in [0.15, 0.2) is 54.0 Å². The molecule has 17 nitrogen and oxygen atoms in total. The average molecular weight is 765 g/mol. The van der Waals surface area contributed by atoms with E-state index in [1.54, 1.807) is 20.8 Å². The van der Waals surface area contributed by atoms with E-state index < -0.39 is 81.0 Å². The average Bonchev–Trinajstić information content (AvgIpc) is 3.11. The normalized spacial score (nSPS) is 19.9.